The highest BCUT2D eigenvalue weighted by atomic mass is 16.5. The van der Waals surface area contributed by atoms with Gasteiger partial charge in [-0.2, -0.15) is 5.26 Å². The van der Waals surface area contributed by atoms with E-state index in [0.717, 1.165) is 58.4 Å². The largest absolute Gasteiger partial charge is 0.380 e. The van der Waals surface area contributed by atoms with Crippen molar-refractivity contribution in [2.24, 2.45) is 0 Å². The fourth-order valence-corrected chi connectivity index (χ4v) is 2.61. The molecule has 0 amide bonds. The Morgan fingerprint density at radius 1 is 1.47 bits per heavy atom. The monoisotopic (exact) mass is 267 g/mol. The zero-order chi connectivity index (χ0) is 14.1. The molecule has 1 heterocycles. The molecule has 1 aliphatic rings. The average Bonchev–Trinajstić information content (AvgIpc) is 2.97. The summed E-state index contributed by atoms with van der Waals surface area (Å²) in [7, 11) is 2.17. The first-order chi connectivity index (χ1) is 9.17. The van der Waals surface area contributed by atoms with E-state index in [2.05, 4.69) is 37.2 Å². The molecule has 0 spiro atoms. The minimum absolute atomic E-state index is 0.330. The number of ether oxygens (including phenoxy) is 1. The number of nitriles is 1. The van der Waals surface area contributed by atoms with Crippen molar-refractivity contribution >= 4 is 0 Å². The molecule has 0 saturated carbocycles. The number of hydrogen-bond donors (Lipinski definition) is 1. The van der Waals surface area contributed by atoms with Gasteiger partial charge in [-0.05, 0) is 52.2 Å². The van der Waals surface area contributed by atoms with Crippen LogP contribution in [0.25, 0.3) is 0 Å². The van der Waals surface area contributed by atoms with Crippen molar-refractivity contribution in [3.63, 3.8) is 0 Å². The second kappa shape index (κ2) is 8.52. The highest BCUT2D eigenvalue weighted by molar-refractivity contribution is 5.06. The lowest BCUT2D eigenvalue weighted by Crippen LogP contribution is -2.44. The molecule has 0 radical (unpaired) electrons. The molecule has 19 heavy (non-hydrogen) atoms. The third-order valence-corrected chi connectivity index (χ3v) is 4.17. The second-order valence-electron chi connectivity index (χ2n) is 5.58. The Kier molecular flexibility index (Phi) is 7.37. The Balaban J connectivity index is 2.33. The molecule has 1 aliphatic heterocycles. The van der Waals surface area contributed by atoms with Crippen LogP contribution in [0.3, 0.4) is 0 Å². The average molecular weight is 267 g/mol. The highest BCUT2D eigenvalue weighted by Crippen LogP contribution is 2.18. The van der Waals surface area contributed by atoms with Gasteiger partial charge in [0.2, 0.25) is 0 Å². The summed E-state index contributed by atoms with van der Waals surface area (Å²) in [6.45, 7) is 7.96. The Hall–Kier alpha value is -0.630. The summed E-state index contributed by atoms with van der Waals surface area (Å²) < 4.78 is 5.41. The van der Waals surface area contributed by atoms with Gasteiger partial charge >= 0.3 is 0 Å². The lowest BCUT2D eigenvalue weighted by atomic mass is 9.91. The smallest absolute Gasteiger partial charge is 0.106 e. The molecule has 1 N–H and O–H groups in total. The molecule has 110 valence electrons. The topological polar surface area (TPSA) is 48.3 Å². The minimum Gasteiger partial charge on any atom is -0.380 e. The van der Waals surface area contributed by atoms with Crippen molar-refractivity contribution < 1.29 is 4.74 Å². The fraction of sp³-hybridized carbons (Fsp3) is 0.933. The Morgan fingerprint density at radius 3 is 2.79 bits per heavy atom. The van der Waals surface area contributed by atoms with Gasteiger partial charge in [0.25, 0.3) is 0 Å². The SMILES string of the molecule is CCCNC(C#N)(CC)CCCN(C)C1CCOC1. The zero-order valence-electron chi connectivity index (χ0n) is 12.7. The van der Waals surface area contributed by atoms with Crippen LogP contribution in [0.4, 0.5) is 0 Å². The molecule has 1 saturated heterocycles. The van der Waals surface area contributed by atoms with Crippen LogP contribution in [0.2, 0.25) is 0 Å². The van der Waals surface area contributed by atoms with Crippen molar-refractivity contribution in [1.29, 1.82) is 5.26 Å². The van der Waals surface area contributed by atoms with E-state index in [0.29, 0.717) is 6.04 Å². The molecule has 2 unspecified atom stereocenters. The van der Waals surface area contributed by atoms with E-state index in [1.165, 1.54) is 0 Å². The van der Waals surface area contributed by atoms with E-state index in [9.17, 15) is 5.26 Å². The maximum absolute atomic E-state index is 9.43. The molecule has 0 aromatic heterocycles. The third-order valence-electron chi connectivity index (χ3n) is 4.17. The first-order valence-electron chi connectivity index (χ1n) is 7.61. The first kappa shape index (κ1) is 16.4. The summed E-state index contributed by atoms with van der Waals surface area (Å²) in [5.74, 6) is 0. The Bertz CT molecular complexity index is 284. The normalized spacial score (nSPS) is 22.4. The van der Waals surface area contributed by atoms with Crippen molar-refractivity contribution in [3.8, 4) is 6.07 Å². The van der Waals surface area contributed by atoms with Gasteiger partial charge in [-0.15, -0.1) is 0 Å². The summed E-state index contributed by atoms with van der Waals surface area (Å²) in [4.78, 5) is 2.38. The van der Waals surface area contributed by atoms with E-state index in [4.69, 9.17) is 4.74 Å². The number of likely N-dealkylation sites (N-methyl/N-ethyl adjacent to an activating group) is 1. The molecule has 4 heteroatoms. The van der Waals surface area contributed by atoms with Crippen LogP contribution in [0, 0.1) is 11.3 Å². The molecule has 0 aromatic rings. The standard InChI is InChI=1S/C15H29N3O/c1-4-9-17-15(5-2,13-16)8-6-10-18(3)14-7-11-19-12-14/h14,17H,4-12H2,1-3H3. The van der Waals surface area contributed by atoms with Gasteiger partial charge in [-0.3, -0.25) is 5.32 Å². The lowest BCUT2D eigenvalue weighted by Gasteiger charge is -2.29. The molecule has 0 aromatic carbocycles. The van der Waals surface area contributed by atoms with Gasteiger partial charge in [-0.1, -0.05) is 13.8 Å². The summed E-state index contributed by atoms with van der Waals surface area (Å²) >= 11 is 0. The third kappa shape index (κ3) is 5.10. The Morgan fingerprint density at radius 2 is 2.26 bits per heavy atom. The minimum atomic E-state index is -0.330. The van der Waals surface area contributed by atoms with Crippen molar-refractivity contribution in [3.05, 3.63) is 0 Å². The highest BCUT2D eigenvalue weighted by Gasteiger charge is 2.27. The van der Waals surface area contributed by atoms with E-state index in [1.807, 2.05) is 0 Å². The van der Waals surface area contributed by atoms with Gasteiger partial charge in [0.15, 0.2) is 0 Å². The van der Waals surface area contributed by atoms with Gasteiger partial charge in [-0.25, -0.2) is 0 Å². The van der Waals surface area contributed by atoms with Crippen LogP contribution in [0.5, 0.6) is 0 Å². The lowest BCUT2D eigenvalue weighted by molar-refractivity contribution is 0.156. The maximum Gasteiger partial charge on any atom is 0.106 e. The van der Waals surface area contributed by atoms with E-state index in [1.54, 1.807) is 0 Å². The van der Waals surface area contributed by atoms with Gasteiger partial charge < -0.3 is 9.64 Å². The molecular weight excluding hydrogens is 238 g/mol. The molecule has 2 atom stereocenters. The molecular formula is C15H29N3O. The first-order valence-corrected chi connectivity index (χ1v) is 7.61. The number of hydrogen-bond acceptors (Lipinski definition) is 4. The molecule has 0 aliphatic carbocycles. The Labute approximate surface area is 118 Å². The predicted molar refractivity (Wildman–Crippen MR) is 78.0 cm³/mol. The molecule has 4 nitrogen and oxygen atoms in total. The van der Waals surface area contributed by atoms with E-state index in [-0.39, 0.29) is 5.54 Å². The van der Waals surface area contributed by atoms with Crippen LogP contribution >= 0.6 is 0 Å². The number of nitrogens with zero attached hydrogens (tertiary/aromatic N) is 2. The fourth-order valence-electron chi connectivity index (χ4n) is 2.61. The van der Waals surface area contributed by atoms with Gasteiger partial charge in [0.05, 0.1) is 12.7 Å². The van der Waals surface area contributed by atoms with Crippen LogP contribution < -0.4 is 5.32 Å². The predicted octanol–water partition coefficient (Wildman–Crippen LogP) is 2.16. The molecule has 1 rings (SSSR count). The van der Waals surface area contributed by atoms with E-state index < -0.39 is 0 Å². The summed E-state index contributed by atoms with van der Waals surface area (Å²) in [5.41, 5.74) is -0.330. The van der Waals surface area contributed by atoms with Crippen LogP contribution in [-0.4, -0.2) is 49.8 Å². The second-order valence-corrected chi connectivity index (χ2v) is 5.58. The van der Waals surface area contributed by atoms with E-state index >= 15 is 0 Å². The van der Waals surface area contributed by atoms with Crippen LogP contribution in [0.15, 0.2) is 0 Å². The number of nitrogens with one attached hydrogen (secondary N) is 1. The summed E-state index contributed by atoms with van der Waals surface area (Å²) in [6, 6.07) is 3.06. The number of rotatable bonds is 9. The summed E-state index contributed by atoms with van der Waals surface area (Å²) in [5, 5.41) is 12.9. The molecule has 1 fully saturated rings. The van der Waals surface area contributed by atoms with Crippen molar-refractivity contribution in [2.75, 3.05) is 33.4 Å². The molecule has 0 bridgehead atoms. The van der Waals surface area contributed by atoms with Gasteiger partial charge in [0.1, 0.15) is 5.54 Å². The van der Waals surface area contributed by atoms with Crippen LogP contribution in [-0.2, 0) is 4.74 Å². The van der Waals surface area contributed by atoms with Crippen molar-refractivity contribution in [1.82, 2.24) is 10.2 Å². The zero-order valence-corrected chi connectivity index (χ0v) is 12.7. The van der Waals surface area contributed by atoms with Gasteiger partial charge in [0, 0.05) is 12.6 Å². The maximum atomic E-state index is 9.43. The van der Waals surface area contributed by atoms with Crippen LogP contribution in [0.1, 0.15) is 46.0 Å². The summed E-state index contributed by atoms with van der Waals surface area (Å²) in [6.07, 6.45) is 5.08. The van der Waals surface area contributed by atoms with Crippen molar-refractivity contribution in [2.45, 2.75) is 57.5 Å². The quantitative estimate of drug-likeness (QED) is 0.695.